The van der Waals surface area contributed by atoms with Crippen LogP contribution in [0.25, 0.3) is 0 Å². The lowest BCUT2D eigenvalue weighted by Gasteiger charge is -2.17. The van der Waals surface area contributed by atoms with Crippen LogP contribution in [0.5, 0.6) is 0 Å². The number of sulfonamides is 1. The Kier molecular flexibility index (Phi) is 7.96. The molecule has 0 saturated carbocycles. The summed E-state index contributed by atoms with van der Waals surface area (Å²) in [5, 5.41) is 4.48. The highest BCUT2D eigenvalue weighted by atomic mass is 32.2. The fourth-order valence-corrected chi connectivity index (χ4v) is 4.20. The molecule has 10 heteroatoms. The smallest absolute Gasteiger partial charge is 0.253 e. The first-order valence-electron chi connectivity index (χ1n) is 10.1. The van der Waals surface area contributed by atoms with Crippen LogP contribution in [0.1, 0.15) is 36.4 Å². The van der Waals surface area contributed by atoms with Gasteiger partial charge in [0.25, 0.3) is 5.91 Å². The monoisotopic (exact) mass is 449 g/mol. The first-order valence-corrected chi connectivity index (χ1v) is 11.5. The highest BCUT2D eigenvalue weighted by Gasteiger charge is 2.23. The Balaban J connectivity index is 1.92. The lowest BCUT2D eigenvalue weighted by Crippen LogP contribution is -2.47. The van der Waals surface area contributed by atoms with Gasteiger partial charge in [-0.05, 0) is 38.8 Å². The zero-order chi connectivity index (χ0) is 23.3. The second kappa shape index (κ2) is 10.1. The SMILES string of the molecule is Cc1ccc(S(=O)(=O)N(C)CC(=O)NNC(=O)Cc2c(C)nn(CC(C)C)c2C)cc1. The fourth-order valence-electron chi connectivity index (χ4n) is 3.07. The summed E-state index contributed by atoms with van der Waals surface area (Å²) in [6.07, 6.45) is 0.0630. The normalized spacial score (nSPS) is 11.7. The summed E-state index contributed by atoms with van der Waals surface area (Å²) in [6, 6.07) is 6.36. The first kappa shape index (κ1) is 24.5. The number of rotatable bonds is 8. The standard InChI is InChI=1S/C21H31N5O4S/c1-14(2)12-26-17(5)19(16(4)24-26)11-20(27)22-23-21(28)13-25(6)31(29,30)18-9-7-15(3)8-10-18/h7-10,14H,11-13H2,1-6H3,(H,22,27)(H,23,28). The Morgan fingerprint density at radius 3 is 2.23 bits per heavy atom. The van der Waals surface area contributed by atoms with Gasteiger partial charge in [-0.1, -0.05) is 31.5 Å². The lowest BCUT2D eigenvalue weighted by molar-refractivity contribution is -0.128. The molecule has 31 heavy (non-hydrogen) atoms. The Morgan fingerprint density at radius 1 is 1.06 bits per heavy atom. The summed E-state index contributed by atoms with van der Waals surface area (Å²) in [5.74, 6) is -0.629. The van der Waals surface area contributed by atoms with E-state index in [-0.39, 0.29) is 11.3 Å². The van der Waals surface area contributed by atoms with Gasteiger partial charge >= 0.3 is 0 Å². The van der Waals surface area contributed by atoms with Crippen LogP contribution in [0.3, 0.4) is 0 Å². The third-order valence-electron chi connectivity index (χ3n) is 4.84. The van der Waals surface area contributed by atoms with Crippen LogP contribution in [0.15, 0.2) is 29.2 Å². The van der Waals surface area contributed by atoms with Gasteiger partial charge in [0, 0.05) is 24.8 Å². The van der Waals surface area contributed by atoms with Crippen LogP contribution >= 0.6 is 0 Å². The number of benzene rings is 1. The number of hydrazine groups is 1. The van der Waals surface area contributed by atoms with Crippen LogP contribution in [-0.4, -0.2) is 47.9 Å². The van der Waals surface area contributed by atoms with Gasteiger partial charge in [-0.15, -0.1) is 0 Å². The molecule has 2 N–H and O–H groups in total. The quantitative estimate of drug-likeness (QED) is 0.593. The second-order valence-electron chi connectivity index (χ2n) is 8.07. The van der Waals surface area contributed by atoms with E-state index >= 15 is 0 Å². The van der Waals surface area contributed by atoms with Crippen molar-refractivity contribution >= 4 is 21.8 Å². The number of aromatic nitrogens is 2. The van der Waals surface area contributed by atoms with Gasteiger partial charge in [0.1, 0.15) is 0 Å². The van der Waals surface area contributed by atoms with Crippen molar-refractivity contribution in [3.05, 3.63) is 46.8 Å². The maximum Gasteiger partial charge on any atom is 0.253 e. The Hall–Kier alpha value is -2.72. The maximum atomic E-state index is 12.6. The van der Waals surface area contributed by atoms with Crippen molar-refractivity contribution in [2.45, 2.75) is 52.5 Å². The third kappa shape index (κ3) is 6.38. The molecule has 0 aliphatic heterocycles. The van der Waals surface area contributed by atoms with Crippen LogP contribution in [0, 0.1) is 26.7 Å². The van der Waals surface area contributed by atoms with Gasteiger partial charge in [0.15, 0.2) is 0 Å². The molecule has 0 aliphatic carbocycles. The van der Waals surface area contributed by atoms with Crippen molar-refractivity contribution in [2.24, 2.45) is 5.92 Å². The fraction of sp³-hybridized carbons (Fsp3) is 0.476. The number of likely N-dealkylation sites (N-methyl/N-ethyl adjacent to an activating group) is 1. The maximum absolute atomic E-state index is 12.6. The molecular weight excluding hydrogens is 418 g/mol. The van der Waals surface area contributed by atoms with Crippen molar-refractivity contribution < 1.29 is 18.0 Å². The molecule has 0 atom stereocenters. The molecule has 0 unspecified atom stereocenters. The lowest BCUT2D eigenvalue weighted by atomic mass is 10.1. The van der Waals surface area contributed by atoms with Crippen LogP contribution in [0.2, 0.25) is 0 Å². The number of aryl methyl sites for hydroxylation is 2. The Labute approximate surface area is 183 Å². The average Bonchev–Trinajstić information content (AvgIpc) is 2.93. The first-order chi connectivity index (χ1) is 14.4. The molecule has 2 amide bonds. The molecule has 0 aliphatic rings. The zero-order valence-corrected chi connectivity index (χ0v) is 19.7. The number of amides is 2. The minimum absolute atomic E-state index is 0.0630. The molecule has 2 rings (SSSR count). The van der Waals surface area contributed by atoms with Gasteiger partial charge < -0.3 is 0 Å². The highest BCUT2D eigenvalue weighted by Crippen LogP contribution is 2.16. The van der Waals surface area contributed by atoms with E-state index in [1.54, 1.807) is 12.1 Å². The summed E-state index contributed by atoms with van der Waals surface area (Å²) >= 11 is 0. The third-order valence-corrected chi connectivity index (χ3v) is 6.66. The van der Waals surface area contributed by atoms with E-state index in [9.17, 15) is 18.0 Å². The summed E-state index contributed by atoms with van der Waals surface area (Å²) in [4.78, 5) is 24.5. The van der Waals surface area contributed by atoms with Crippen molar-refractivity contribution in [2.75, 3.05) is 13.6 Å². The molecular formula is C21H31N5O4S. The van der Waals surface area contributed by atoms with Gasteiger partial charge in [-0.25, -0.2) is 8.42 Å². The summed E-state index contributed by atoms with van der Waals surface area (Å²) in [6.45, 7) is 10.1. The molecule has 0 fully saturated rings. The van der Waals surface area contributed by atoms with E-state index in [0.29, 0.717) is 5.92 Å². The van der Waals surface area contributed by atoms with E-state index < -0.39 is 28.4 Å². The molecule has 0 bridgehead atoms. The number of hydrogen-bond acceptors (Lipinski definition) is 5. The molecule has 1 aromatic carbocycles. The predicted octanol–water partition coefficient (Wildman–Crippen LogP) is 1.47. The molecule has 0 radical (unpaired) electrons. The molecule has 170 valence electrons. The van der Waals surface area contributed by atoms with E-state index in [1.165, 1.54) is 19.2 Å². The van der Waals surface area contributed by atoms with E-state index in [4.69, 9.17) is 0 Å². The van der Waals surface area contributed by atoms with E-state index in [0.717, 1.165) is 33.4 Å². The van der Waals surface area contributed by atoms with Gasteiger partial charge in [-0.2, -0.15) is 9.40 Å². The molecule has 0 spiro atoms. The molecule has 9 nitrogen and oxygen atoms in total. The topological polar surface area (TPSA) is 113 Å². The minimum Gasteiger partial charge on any atom is -0.273 e. The van der Waals surface area contributed by atoms with Crippen molar-refractivity contribution in [3.63, 3.8) is 0 Å². The number of carbonyl (C=O) groups is 2. The number of nitrogens with zero attached hydrogens (tertiary/aromatic N) is 3. The highest BCUT2D eigenvalue weighted by molar-refractivity contribution is 7.89. The van der Waals surface area contributed by atoms with Crippen LogP contribution < -0.4 is 10.9 Å². The minimum atomic E-state index is -3.81. The van der Waals surface area contributed by atoms with Crippen LogP contribution in [0.4, 0.5) is 0 Å². The molecule has 0 saturated heterocycles. The Morgan fingerprint density at radius 2 is 1.65 bits per heavy atom. The average molecular weight is 450 g/mol. The van der Waals surface area contributed by atoms with E-state index in [2.05, 4.69) is 29.8 Å². The second-order valence-corrected chi connectivity index (χ2v) is 10.1. The van der Waals surface area contributed by atoms with Gasteiger partial charge in [0.2, 0.25) is 15.9 Å². The van der Waals surface area contributed by atoms with Gasteiger partial charge in [-0.3, -0.25) is 25.1 Å². The van der Waals surface area contributed by atoms with Crippen molar-refractivity contribution in [1.29, 1.82) is 0 Å². The summed E-state index contributed by atoms with van der Waals surface area (Å²) in [5.41, 5.74) is 8.04. The van der Waals surface area contributed by atoms with Crippen molar-refractivity contribution in [3.8, 4) is 0 Å². The van der Waals surface area contributed by atoms with E-state index in [1.807, 2.05) is 25.5 Å². The number of carbonyl (C=O) groups excluding carboxylic acids is 2. The number of hydrogen-bond donors (Lipinski definition) is 2. The predicted molar refractivity (Wildman–Crippen MR) is 118 cm³/mol. The molecule has 1 aromatic heterocycles. The Bertz CT molecular complexity index is 1040. The van der Waals surface area contributed by atoms with Crippen molar-refractivity contribution in [1.82, 2.24) is 24.9 Å². The summed E-state index contributed by atoms with van der Waals surface area (Å²) in [7, 11) is -2.50. The molecule has 2 aromatic rings. The molecule has 1 heterocycles. The largest absolute Gasteiger partial charge is 0.273 e. The summed E-state index contributed by atoms with van der Waals surface area (Å²) < 4.78 is 27.9. The van der Waals surface area contributed by atoms with Gasteiger partial charge in [0.05, 0.1) is 23.6 Å². The number of nitrogens with one attached hydrogen (secondary N) is 2. The zero-order valence-electron chi connectivity index (χ0n) is 18.9. The van der Waals surface area contributed by atoms with Crippen LogP contribution in [-0.2, 0) is 32.6 Å².